The third-order valence-corrected chi connectivity index (χ3v) is 4.20. The summed E-state index contributed by atoms with van der Waals surface area (Å²) in [6.07, 6.45) is 0. The number of fused-ring (bicyclic) bond motifs is 1. The second-order valence-corrected chi connectivity index (χ2v) is 5.40. The number of nitrogens with zero attached hydrogens (tertiary/aromatic N) is 3. The lowest BCUT2D eigenvalue weighted by Crippen LogP contribution is -2.32. The van der Waals surface area contributed by atoms with Gasteiger partial charge in [-0.25, -0.2) is 8.51 Å². The smallest absolute Gasteiger partial charge is 0.326 e. The van der Waals surface area contributed by atoms with E-state index in [1.165, 1.54) is 0 Å². The molecule has 116 valence electrons. The van der Waals surface area contributed by atoms with Crippen molar-refractivity contribution in [2.24, 2.45) is 0 Å². The standard InChI is InChI=1S/C10H7N3O8S/c1-21-8(14)4-11-10(15)9-6(13(18)19)2-5(12(16)17)3-7(9)22(11)20/h2-3H,4H2,1H3. The van der Waals surface area contributed by atoms with Gasteiger partial charge in [-0.3, -0.25) is 29.8 Å². The van der Waals surface area contributed by atoms with Crippen LogP contribution in [0.3, 0.4) is 0 Å². The minimum Gasteiger partial charge on any atom is -0.468 e. The number of carbonyl (C=O) groups excluding carboxylic acids is 2. The van der Waals surface area contributed by atoms with Crippen LogP contribution in [-0.4, -0.2) is 43.9 Å². The van der Waals surface area contributed by atoms with Crippen molar-refractivity contribution in [3.8, 4) is 0 Å². The van der Waals surface area contributed by atoms with Crippen LogP contribution < -0.4 is 0 Å². The van der Waals surface area contributed by atoms with E-state index in [9.17, 15) is 34.0 Å². The summed E-state index contributed by atoms with van der Waals surface area (Å²) in [4.78, 5) is 42.8. The van der Waals surface area contributed by atoms with Crippen LogP contribution in [0.4, 0.5) is 11.4 Å². The largest absolute Gasteiger partial charge is 0.468 e. The van der Waals surface area contributed by atoms with Crippen molar-refractivity contribution in [1.29, 1.82) is 0 Å². The quantitative estimate of drug-likeness (QED) is 0.430. The van der Waals surface area contributed by atoms with Crippen LogP contribution in [0, 0.1) is 20.2 Å². The molecule has 1 heterocycles. The number of non-ortho nitro benzene ring substituents is 1. The summed E-state index contributed by atoms with van der Waals surface area (Å²) < 4.78 is 17.1. The Labute approximate surface area is 124 Å². The molecule has 1 aliphatic heterocycles. The Kier molecular flexibility index (Phi) is 3.86. The third kappa shape index (κ3) is 2.39. The van der Waals surface area contributed by atoms with Crippen molar-refractivity contribution >= 4 is 34.2 Å². The van der Waals surface area contributed by atoms with E-state index in [-0.39, 0.29) is 4.90 Å². The van der Waals surface area contributed by atoms with Gasteiger partial charge in [0.2, 0.25) is 0 Å². The molecule has 1 unspecified atom stereocenters. The predicted octanol–water partition coefficient (Wildman–Crippen LogP) is 0.154. The number of rotatable bonds is 4. The molecule has 22 heavy (non-hydrogen) atoms. The zero-order chi connectivity index (χ0) is 16.6. The summed E-state index contributed by atoms with van der Waals surface area (Å²) in [5.74, 6) is -1.91. The summed E-state index contributed by atoms with van der Waals surface area (Å²) in [5.41, 5.74) is -2.04. The highest BCUT2D eigenvalue weighted by atomic mass is 32.2. The lowest BCUT2D eigenvalue weighted by molar-refractivity contribution is -0.394. The Balaban J connectivity index is 2.61. The maximum absolute atomic E-state index is 12.2. The molecule has 0 spiro atoms. The van der Waals surface area contributed by atoms with Crippen LogP contribution in [0.25, 0.3) is 0 Å². The molecule has 0 N–H and O–H groups in total. The normalized spacial score (nSPS) is 16.3. The van der Waals surface area contributed by atoms with E-state index >= 15 is 0 Å². The lowest BCUT2D eigenvalue weighted by atomic mass is 10.1. The topological polar surface area (TPSA) is 150 Å². The monoisotopic (exact) mass is 329 g/mol. The first kappa shape index (κ1) is 15.5. The summed E-state index contributed by atoms with van der Waals surface area (Å²) in [7, 11) is -1.22. The van der Waals surface area contributed by atoms with Gasteiger partial charge in [0, 0.05) is 6.07 Å². The van der Waals surface area contributed by atoms with E-state index in [1.807, 2.05) is 0 Å². The molecule has 1 aliphatic rings. The number of carbonyl (C=O) groups is 2. The number of esters is 1. The molecular formula is C10H7N3O8S. The minimum absolute atomic E-state index is 0.380. The lowest BCUT2D eigenvalue weighted by Gasteiger charge is -2.11. The van der Waals surface area contributed by atoms with E-state index in [4.69, 9.17) is 0 Å². The number of hydrogen-bond acceptors (Lipinski definition) is 8. The molecular weight excluding hydrogens is 322 g/mol. The molecule has 0 aliphatic carbocycles. The van der Waals surface area contributed by atoms with Crippen LogP contribution in [0.15, 0.2) is 17.0 Å². The van der Waals surface area contributed by atoms with Crippen molar-refractivity contribution < 1.29 is 28.4 Å². The Morgan fingerprint density at radius 2 is 1.95 bits per heavy atom. The molecule has 12 heteroatoms. The third-order valence-electron chi connectivity index (χ3n) is 2.80. The fourth-order valence-electron chi connectivity index (χ4n) is 1.82. The maximum Gasteiger partial charge on any atom is 0.326 e. The molecule has 0 radical (unpaired) electrons. The second kappa shape index (κ2) is 5.48. The van der Waals surface area contributed by atoms with Gasteiger partial charge in [0.25, 0.3) is 17.3 Å². The van der Waals surface area contributed by atoms with Crippen LogP contribution in [-0.2, 0) is 20.5 Å². The van der Waals surface area contributed by atoms with Crippen LogP contribution in [0.1, 0.15) is 10.4 Å². The van der Waals surface area contributed by atoms with Crippen molar-refractivity contribution in [3.05, 3.63) is 37.9 Å². The van der Waals surface area contributed by atoms with Gasteiger partial charge in [0.15, 0.2) is 11.0 Å². The highest BCUT2D eigenvalue weighted by Gasteiger charge is 2.43. The second-order valence-electron chi connectivity index (χ2n) is 4.02. The maximum atomic E-state index is 12.2. The SMILES string of the molecule is COC(=O)CN1C(=O)c2c([N+](=O)[O-])cc([N+](=O)[O-])cc2S1=O. The first-order valence-electron chi connectivity index (χ1n) is 5.55. The van der Waals surface area contributed by atoms with E-state index in [0.29, 0.717) is 10.4 Å². The van der Waals surface area contributed by atoms with E-state index in [0.717, 1.165) is 13.2 Å². The highest BCUT2D eigenvalue weighted by Crippen LogP contribution is 2.37. The van der Waals surface area contributed by atoms with E-state index < -0.39 is 56.2 Å². The summed E-state index contributed by atoms with van der Waals surface area (Å²) >= 11 is 0. The molecule has 11 nitrogen and oxygen atoms in total. The minimum atomic E-state index is -2.27. The molecule has 1 atom stereocenters. The van der Waals surface area contributed by atoms with E-state index in [2.05, 4.69) is 4.74 Å². The molecule has 0 fully saturated rings. The molecule has 1 aromatic rings. The number of ether oxygens (including phenoxy) is 1. The van der Waals surface area contributed by atoms with Crippen LogP contribution in [0.5, 0.6) is 0 Å². The first-order valence-corrected chi connectivity index (χ1v) is 6.66. The fourth-order valence-corrected chi connectivity index (χ4v) is 3.11. The van der Waals surface area contributed by atoms with Gasteiger partial charge >= 0.3 is 5.97 Å². The van der Waals surface area contributed by atoms with Gasteiger partial charge in [0.1, 0.15) is 12.1 Å². The van der Waals surface area contributed by atoms with Gasteiger partial charge in [-0.05, 0) is 0 Å². The van der Waals surface area contributed by atoms with Crippen LogP contribution >= 0.6 is 0 Å². The highest BCUT2D eigenvalue weighted by molar-refractivity contribution is 7.84. The molecule has 0 aromatic heterocycles. The van der Waals surface area contributed by atoms with Crippen molar-refractivity contribution in [2.45, 2.75) is 4.90 Å². The molecule has 1 amide bonds. The van der Waals surface area contributed by atoms with Gasteiger partial charge in [-0.2, -0.15) is 0 Å². The van der Waals surface area contributed by atoms with Crippen LogP contribution in [0.2, 0.25) is 0 Å². The molecule has 2 rings (SSSR count). The first-order chi connectivity index (χ1) is 10.3. The Bertz CT molecular complexity index is 746. The Hall–Kier alpha value is -2.89. The summed E-state index contributed by atoms with van der Waals surface area (Å²) in [6.45, 7) is -0.693. The van der Waals surface area contributed by atoms with Gasteiger partial charge in [-0.15, -0.1) is 0 Å². The number of nitro groups is 2. The number of hydrogen-bond donors (Lipinski definition) is 0. The molecule has 0 saturated heterocycles. The zero-order valence-electron chi connectivity index (χ0n) is 10.9. The van der Waals surface area contributed by atoms with Crippen molar-refractivity contribution in [1.82, 2.24) is 4.31 Å². The number of benzene rings is 1. The van der Waals surface area contributed by atoms with Gasteiger partial charge in [0.05, 0.1) is 27.9 Å². The number of amides is 1. The number of nitro benzene ring substituents is 2. The molecule has 0 saturated carbocycles. The molecule has 0 bridgehead atoms. The summed E-state index contributed by atoms with van der Waals surface area (Å²) in [5, 5.41) is 21.8. The van der Waals surface area contributed by atoms with Gasteiger partial charge in [-0.1, -0.05) is 0 Å². The van der Waals surface area contributed by atoms with E-state index in [1.54, 1.807) is 0 Å². The number of methoxy groups -OCH3 is 1. The van der Waals surface area contributed by atoms with Crippen molar-refractivity contribution in [2.75, 3.05) is 13.7 Å². The average molecular weight is 329 g/mol. The summed E-state index contributed by atoms with van der Waals surface area (Å²) in [6, 6.07) is 1.42. The molecule has 1 aromatic carbocycles. The predicted molar refractivity (Wildman–Crippen MR) is 69.2 cm³/mol. The Morgan fingerprint density at radius 3 is 2.45 bits per heavy atom. The zero-order valence-corrected chi connectivity index (χ0v) is 11.7. The average Bonchev–Trinajstić information content (AvgIpc) is 2.71. The fraction of sp³-hybridized carbons (Fsp3) is 0.200. The van der Waals surface area contributed by atoms with Crippen molar-refractivity contribution in [3.63, 3.8) is 0 Å². The van der Waals surface area contributed by atoms with Gasteiger partial charge < -0.3 is 4.74 Å². The Morgan fingerprint density at radius 1 is 1.32 bits per heavy atom.